The smallest absolute Gasteiger partial charge is 0.269 e. The summed E-state index contributed by atoms with van der Waals surface area (Å²) in [6, 6.07) is 1.64. The van der Waals surface area contributed by atoms with Crippen LogP contribution >= 0.6 is 0 Å². The average molecular weight is 303 g/mol. The normalized spacial score (nSPS) is 17.2. The highest BCUT2D eigenvalue weighted by atomic mass is 16.6. The molecule has 0 spiro atoms. The molecule has 1 amide bonds. The lowest BCUT2D eigenvalue weighted by Gasteiger charge is -2.06. The predicted molar refractivity (Wildman–Crippen MR) is 78.5 cm³/mol. The molecule has 116 valence electrons. The van der Waals surface area contributed by atoms with E-state index < -0.39 is 6.10 Å². The fraction of sp³-hybridized carbons (Fsp3) is 0.429. The van der Waals surface area contributed by atoms with Crippen molar-refractivity contribution in [2.45, 2.75) is 39.8 Å². The fourth-order valence-corrected chi connectivity index (χ4v) is 2.27. The van der Waals surface area contributed by atoms with Crippen molar-refractivity contribution in [1.82, 2.24) is 14.9 Å². The molecule has 0 saturated heterocycles. The second kappa shape index (κ2) is 5.63. The van der Waals surface area contributed by atoms with Crippen molar-refractivity contribution in [2.24, 2.45) is 5.16 Å². The molecular formula is C14H17N5O3. The van der Waals surface area contributed by atoms with E-state index >= 15 is 0 Å². The van der Waals surface area contributed by atoms with Gasteiger partial charge in [-0.15, -0.1) is 0 Å². The van der Waals surface area contributed by atoms with E-state index in [1.165, 1.54) is 0 Å². The summed E-state index contributed by atoms with van der Waals surface area (Å²) in [7, 11) is 0. The number of rotatable bonds is 4. The number of nitrogens with one attached hydrogen (secondary N) is 1. The van der Waals surface area contributed by atoms with Gasteiger partial charge >= 0.3 is 0 Å². The van der Waals surface area contributed by atoms with Crippen LogP contribution in [0.3, 0.4) is 0 Å². The summed E-state index contributed by atoms with van der Waals surface area (Å²) < 4.78 is 6.74. The summed E-state index contributed by atoms with van der Waals surface area (Å²) in [4.78, 5) is 17.4. The maximum atomic E-state index is 12.1. The Morgan fingerprint density at radius 3 is 2.95 bits per heavy atom. The number of oxime groups is 1. The topological polar surface area (TPSA) is 94.5 Å². The van der Waals surface area contributed by atoms with Gasteiger partial charge in [-0.1, -0.05) is 10.3 Å². The predicted octanol–water partition coefficient (Wildman–Crippen LogP) is 1.64. The van der Waals surface area contributed by atoms with Crippen LogP contribution in [0.1, 0.15) is 30.4 Å². The number of aryl methyl sites for hydroxylation is 3. The van der Waals surface area contributed by atoms with E-state index in [2.05, 4.69) is 20.7 Å². The standard InChI is InChI=1S/C14H17N5O3/c1-4-19-7-10(9(3)16-19)11-6-12(22-17-11)14(20)15-13-5-8(2)21-18-13/h5,7,12H,4,6H2,1-3H3,(H,15,18,20)/t12-/m1/s1. The lowest BCUT2D eigenvalue weighted by Crippen LogP contribution is -2.28. The van der Waals surface area contributed by atoms with Crippen molar-refractivity contribution in [3.05, 3.63) is 29.3 Å². The molecule has 3 heterocycles. The lowest BCUT2D eigenvalue weighted by molar-refractivity contribution is -0.125. The van der Waals surface area contributed by atoms with Gasteiger partial charge in [-0.25, -0.2) is 0 Å². The molecule has 1 aliphatic rings. The molecule has 2 aromatic rings. The van der Waals surface area contributed by atoms with E-state index in [1.807, 2.05) is 24.7 Å². The Kier molecular flexibility index (Phi) is 3.66. The van der Waals surface area contributed by atoms with E-state index in [0.717, 1.165) is 23.5 Å². The van der Waals surface area contributed by atoms with Crippen LogP contribution in [0.5, 0.6) is 0 Å². The van der Waals surface area contributed by atoms with Crippen molar-refractivity contribution < 1.29 is 14.2 Å². The van der Waals surface area contributed by atoms with E-state index in [4.69, 9.17) is 9.36 Å². The number of hydrogen-bond acceptors (Lipinski definition) is 6. The zero-order valence-electron chi connectivity index (χ0n) is 12.7. The van der Waals surface area contributed by atoms with E-state index in [9.17, 15) is 4.79 Å². The first-order valence-corrected chi connectivity index (χ1v) is 7.08. The zero-order valence-corrected chi connectivity index (χ0v) is 12.7. The number of nitrogens with zero attached hydrogens (tertiary/aromatic N) is 4. The molecule has 8 nitrogen and oxygen atoms in total. The first-order chi connectivity index (χ1) is 10.6. The Bertz CT molecular complexity index is 731. The summed E-state index contributed by atoms with van der Waals surface area (Å²) in [5, 5.41) is 14.8. The van der Waals surface area contributed by atoms with Gasteiger partial charge in [0.2, 0.25) is 6.10 Å². The van der Waals surface area contributed by atoms with Crippen LogP contribution in [0.2, 0.25) is 0 Å². The minimum absolute atomic E-state index is 0.299. The van der Waals surface area contributed by atoms with Crippen LogP contribution < -0.4 is 5.32 Å². The van der Waals surface area contributed by atoms with Crippen LogP contribution in [0, 0.1) is 13.8 Å². The third kappa shape index (κ3) is 2.72. The quantitative estimate of drug-likeness (QED) is 0.926. The number of carbonyl (C=O) groups excluding carboxylic acids is 1. The molecule has 0 aromatic carbocycles. The third-order valence-corrected chi connectivity index (χ3v) is 3.42. The Morgan fingerprint density at radius 1 is 1.50 bits per heavy atom. The molecule has 3 rings (SSSR count). The molecule has 1 aliphatic heterocycles. The van der Waals surface area contributed by atoms with Crippen LogP contribution in [0.15, 0.2) is 21.9 Å². The van der Waals surface area contributed by atoms with E-state index in [1.54, 1.807) is 13.0 Å². The molecule has 0 fully saturated rings. The molecule has 0 saturated carbocycles. The summed E-state index contributed by atoms with van der Waals surface area (Å²) in [6.45, 7) is 6.46. The van der Waals surface area contributed by atoms with E-state index in [-0.39, 0.29) is 5.91 Å². The minimum Gasteiger partial charge on any atom is -0.382 e. The van der Waals surface area contributed by atoms with Gasteiger partial charge in [0.1, 0.15) is 5.76 Å². The first kappa shape index (κ1) is 14.3. The molecule has 1 N–H and O–H groups in total. The highest BCUT2D eigenvalue weighted by molar-refractivity contribution is 6.06. The lowest BCUT2D eigenvalue weighted by atomic mass is 10.1. The monoisotopic (exact) mass is 303 g/mol. The Balaban J connectivity index is 1.65. The van der Waals surface area contributed by atoms with Crippen molar-refractivity contribution >= 4 is 17.4 Å². The Morgan fingerprint density at radius 2 is 2.32 bits per heavy atom. The largest absolute Gasteiger partial charge is 0.382 e. The van der Waals surface area contributed by atoms with Gasteiger partial charge in [0, 0.05) is 30.8 Å². The summed E-state index contributed by atoms with van der Waals surface area (Å²) >= 11 is 0. The Hall–Kier alpha value is -2.64. The average Bonchev–Trinajstić information content (AvgIpc) is 3.18. The Labute approximate surface area is 127 Å². The van der Waals surface area contributed by atoms with Gasteiger partial charge in [-0.2, -0.15) is 5.10 Å². The minimum atomic E-state index is -0.670. The summed E-state index contributed by atoms with van der Waals surface area (Å²) in [5.41, 5.74) is 2.51. The first-order valence-electron chi connectivity index (χ1n) is 7.08. The maximum absolute atomic E-state index is 12.1. The van der Waals surface area contributed by atoms with Gasteiger partial charge in [-0.3, -0.25) is 9.48 Å². The zero-order chi connectivity index (χ0) is 15.7. The van der Waals surface area contributed by atoms with Gasteiger partial charge in [0.15, 0.2) is 5.82 Å². The molecule has 0 aliphatic carbocycles. The van der Waals surface area contributed by atoms with Crippen LogP contribution in [0.4, 0.5) is 5.82 Å². The second-order valence-corrected chi connectivity index (χ2v) is 5.13. The molecule has 1 atom stereocenters. The molecular weight excluding hydrogens is 286 g/mol. The van der Waals surface area contributed by atoms with Crippen LogP contribution in [-0.4, -0.2) is 32.7 Å². The second-order valence-electron chi connectivity index (χ2n) is 5.13. The molecule has 22 heavy (non-hydrogen) atoms. The molecule has 8 heteroatoms. The van der Waals surface area contributed by atoms with Gasteiger partial charge < -0.3 is 14.7 Å². The number of amides is 1. The maximum Gasteiger partial charge on any atom is 0.269 e. The van der Waals surface area contributed by atoms with E-state index in [0.29, 0.717) is 18.0 Å². The molecule has 2 aromatic heterocycles. The number of carbonyl (C=O) groups is 1. The van der Waals surface area contributed by atoms with Crippen molar-refractivity contribution in [2.75, 3.05) is 5.32 Å². The fourth-order valence-electron chi connectivity index (χ4n) is 2.27. The number of hydrogen-bond donors (Lipinski definition) is 1. The summed E-state index contributed by atoms with van der Waals surface area (Å²) in [5.74, 6) is 0.698. The van der Waals surface area contributed by atoms with Crippen LogP contribution in [-0.2, 0) is 16.2 Å². The number of aromatic nitrogens is 3. The number of anilines is 1. The van der Waals surface area contributed by atoms with Crippen molar-refractivity contribution in [3.8, 4) is 0 Å². The molecule has 0 bridgehead atoms. The van der Waals surface area contributed by atoms with Gasteiger partial charge in [0.25, 0.3) is 5.91 Å². The molecule has 0 radical (unpaired) electrons. The van der Waals surface area contributed by atoms with Crippen LogP contribution in [0.25, 0.3) is 0 Å². The van der Waals surface area contributed by atoms with Crippen molar-refractivity contribution in [1.29, 1.82) is 0 Å². The molecule has 0 unspecified atom stereocenters. The summed E-state index contributed by atoms with van der Waals surface area (Å²) in [6.07, 6.45) is 1.65. The SMILES string of the molecule is CCn1cc(C2=NO[C@@H](C(=O)Nc3cc(C)on3)C2)c(C)n1. The van der Waals surface area contributed by atoms with Gasteiger partial charge in [-0.05, 0) is 20.8 Å². The van der Waals surface area contributed by atoms with Crippen molar-refractivity contribution in [3.63, 3.8) is 0 Å². The van der Waals surface area contributed by atoms with Gasteiger partial charge in [0.05, 0.1) is 11.4 Å². The highest BCUT2D eigenvalue weighted by Crippen LogP contribution is 2.20. The highest BCUT2D eigenvalue weighted by Gasteiger charge is 2.30. The third-order valence-electron chi connectivity index (χ3n) is 3.42.